The summed E-state index contributed by atoms with van der Waals surface area (Å²) in [5.41, 5.74) is 0.693. The lowest BCUT2D eigenvalue weighted by molar-refractivity contribution is -0.670. The molecule has 1 aromatic heterocycles. The molecule has 0 saturated carbocycles. The van der Waals surface area contributed by atoms with Gasteiger partial charge in [0.2, 0.25) is 22.8 Å². The minimum Gasteiger partial charge on any atom is -0.478 e. The number of carboxylic acid groups (broad SMARTS) is 1. The van der Waals surface area contributed by atoms with Crippen LogP contribution in [0, 0.1) is 0 Å². The van der Waals surface area contributed by atoms with Crippen LogP contribution in [-0.2, 0) is 9.59 Å². The molecule has 0 aliphatic carbocycles. The molecular weight excluding hydrogens is 592 g/mol. The number of nitrogens with one attached hydrogen (secondary N) is 6. The number of carbonyl (C=O) groups excluding carboxylic acids is 4. The molecule has 3 atom stereocenters. The van der Waals surface area contributed by atoms with Crippen molar-refractivity contribution < 1.29 is 38.3 Å². The number of aromatic carboxylic acids is 1. The van der Waals surface area contributed by atoms with Crippen LogP contribution >= 0.6 is 11.8 Å². The quantitative estimate of drug-likeness (QED) is 0.0761. The SMILES string of the molecule is O=C(CCCC[C@@H]1SC[C@@H]2NC(=O)N[C@@H]21)NCCCCCC(=O)NCCNC(=O)Nc1c[n+](-c2ccc(C(=O)O)cc2)no1. The van der Waals surface area contributed by atoms with Crippen molar-refractivity contribution in [2.24, 2.45) is 0 Å². The molecule has 238 valence electrons. The van der Waals surface area contributed by atoms with Crippen molar-refractivity contribution in [2.45, 2.75) is 68.7 Å². The second-order valence-electron chi connectivity index (χ2n) is 10.6. The summed E-state index contributed by atoms with van der Waals surface area (Å²) < 4.78 is 6.42. The number of benzene rings is 1. The molecule has 3 heterocycles. The fourth-order valence-corrected chi connectivity index (χ4v) is 6.52. The van der Waals surface area contributed by atoms with Gasteiger partial charge in [-0.05, 0) is 42.5 Å². The van der Waals surface area contributed by atoms with Gasteiger partial charge in [0, 0.05) is 55.6 Å². The van der Waals surface area contributed by atoms with Gasteiger partial charge < -0.3 is 31.7 Å². The molecule has 1 aromatic carbocycles. The molecule has 16 heteroatoms. The zero-order valence-corrected chi connectivity index (χ0v) is 25.1. The van der Waals surface area contributed by atoms with Gasteiger partial charge in [-0.25, -0.2) is 14.4 Å². The van der Waals surface area contributed by atoms with E-state index in [1.165, 1.54) is 23.0 Å². The molecule has 0 radical (unpaired) electrons. The summed E-state index contributed by atoms with van der Waals surface area (Å²) in [6.45, 7) is 1.06. The standard InChI is InChI=1S/C28H38N8O7S/c37-22(8-4-3-6-21-25-20(17-44-21)32-28(42)34-25)29-13-5-1-2-7-23(38)30-14-15-31-27(41)33-24-16-36(35-43-24)19-11-9-18(10-12-19)26(39)40/h9-12,16,20-21,25H,1-8,13-15,17H2,(H6-,29,30,31,32,33,34,35,37,38,39,40,41,42)/p+1/t20-,21-,25-/m0/s1. The highest BCUT2D eigenvalue weighted by Crippen LogP contribution is 2.33. The highest BCUT2D eigenvalue weighted by molar-refractivity contribution is 8.00. The minimum absolute atomic E-state index is 0.0434. The third-order valence-corrected chi connectivity index (χ3v) is 8.81. The second-order valence-corrected chi connectivity index (χ2v) is 11.9. The maximum Gasteiger partial charge on any atom is 0.335 e. The first kappa shape index (κ1) is 32.6. The number of aromatic nitrogens is 2. The summed E-state index contributed by atoms with van der Waals surface area (Å²) in [6.07, 6.45) is 7.37. The van der Waals surface area contributed by atoms with E-state index in [4.69, 9.17) is 9.63 Å². The second kappa shape index (κ2) is 16.5. The van der Waals surface area contributed by atoms with Gasteiger partial charge in [0.05, 0.1) is 17.6 Å². The predicted molar refractivity (Wildman–Crippen MR) is 160 cm³/mol. The number of thioether (sulfide) groups is 1. The first-order valence-electron chi connectivity index (χ1n) is 14.8. The monoisotopic (exact) mass is 631 g/mol. The van der Waals surface area contributed by atoms with E-state index in [0.29, 0.717) is 36.7 Å². The van der Waals surface area contributed by atoms with Crippen LogP contribution in [0.15, 0.2) is 35.0 Å². The Morgan fingerprint density at radius 3 is 2.39 bits per heavy atom. The molecule has 2 saturated heterocycles. The number of hydrogen-bond donors (Lipinski definition) is 7. The first-order valence-corrected chi connectivity index (χ1v) is 15.8. The Labute approximate surface area is 258 Å². The molecule has 0 unspecified atom stereocenters. The molecule has 7 N–H and O–H groups in total. The van der Waals surface area contributed by atoms with Crippen LogP contribution in [-0.4, -0.2) is 82.9 Å². The van der Waals surface area contributed by atoms with Crippen LogP contribution in [0.25, 0.3) is 5.69 Å². The summed E-state index contributed by atoms with van der Waals surface area (Å²) in [6, 6.07) is 5.80. The van der Waals surface area contributed by atoms with E-state index in [1.807, 2.05) is 11.8 Å². The number of nitrogens with zero attached hydrogens (tertiary/aromatic N) is 2. The van der Waals surface area contributed by atoms with Gasteiger partial charge >= 0.3 is 23.9 Å². The molecule has 2 aliphatic rings. The Morgan fingerprint density at radius 1 is 0.932 bits per heavy atom. The van der Waals surface area contributed by atoms with Crippen LogP contribution in [0.4, 0.5) is 15.5 Å². The molecular formula is C28H39N8O7S+. The van der Waals surface area contributed by atoms with Crippen LogP contribution in [0.2, 0.25) is 0 Å². The van der Waals surface area contributed by atoms with Crippen molar-refractivity contribution in [3.8, 4) is 5.69 Å². The van der Waals surface area contributed by atoms with Crippen molar-refractivity contribution in [3.05, 3.63) is 36.0 Å². The van der Waals surface area contributed by atoms with Crippen molar-refractivity contribution in [2.75, 3.05) is 30.7 Å². The molecule has 0 spiro atoms. The maximum atomic E-state index is 12.1. The summed E-state index contributed by atoms with van der Waals surface area (Å²) in [5.74, 6) is -0.0777. The zero-order chi connectivity index (χ0) is 31.3. The van der Waals surface area contributed by atoms with E-state index >= 15 is 0 Å². The third-order valence-electron chi connectivity index (χ3n) is 7.30. The van der Waals surface area contributed by atoms with E-state index < -0.39 is 12.0 Å². The highest BCUT2D eigenvalue weighted by Gasteiger charge is 2.42. The van der Waals surface area contributed by atoms with Crippen molar-refractivity contribution in [1.29, 1.82) is 0 Å². The number of anilines is 1. The molecule has 44 heavy (non-hydrogen) atoms. The number of unbranched alkanes of at least 4 members (excludes halogenated alkanes) is 3. The fraction of sp³-hybridized carbons (Fsp3) is 0.536. The van der Waals surface area contributed by atoms with Gasteiger partial charge in [-0.2, -0.15) is 11.8 Å². The number of urea groups is 2. The number of fused-ring (bicyclic) bond motifs is 1. The lowest BCUT2D eigenvalue weighted by Gasteiger charge is -2.16. The number of carboxylic acids is 1. The molecule has 15 nitrogen and oxygen atoms in total. The number of hydrogen-bond acceptors (Lipinski definition) is 8. The summed E-state index contributed by atoms with van der Waals surface area (Å²) in [7, 11) is 0. The molecule has 0 bridgehead atoms. The smallest absolute Gasteiger partial charge is 0.335 e. The predicted octanol–water partition coefficient (Wildman–Crippen LogP) is 1.29. The van der Waals surface area contributed by atoms with Gasteiger partial charge in [-0.1, -0.05) is 12.8 Å². The van der Waals surface area contributed by atoms with E-state index in [-0.39, 0.29) is 54.5 Å². The lowest BCUT2D eigenvalue weighted by Crippen LogP contribution is -2.37. The topological polar surface area (TPSA) is 208 Å². The largest absolute Gasteiger partial charge is 0.478 e. The molecule has 2 aromatic rings. The Hall–Kier alpha value is -4.34. The van der Waals surface area contributed by atoms with Gasteiger partial charge in [0.1, 0.15) is 0 Å². The van der Waals surface area contributed by atoms with Crippen LogP contribution in [0.5, 0.6) is 0 Å². The van der Waals surface area contributed by atoms with E-state index in [0.717, 1.165) is 37.9 Å². The zero-order valence-electron chi connectivity index (χ0n) is 24.3. The van der Waals surface area contributed by atoms with Gasteiger partial charge in [0.15, 0.2) is 0 Å². The molecule has 6 amide bonds. The van der Waals surface area contributed by atoms with Gasteiger partial charge in [-0.15, -0.1) is 0 Å². The van der Waals surface area contributed by atoms with E-state index in [2.05, 4.69) is 37.2 Å². The summed E-state index contributed by atoms with van der Waals surface area (Å²) >= 11 is 1.88. The lowest BCUT2D eigenvalue weighted by atomic mass is 10.0. The Morgan fingerprint density at radius 2 is 1.64 bits per heavy atom. The number of amides is 6. The van der Waals surface area contributed by atoms with Crippen LogP contribution in [0.3, 0.4) is 0 Å². The van der Waals surface area contributed by atoms with E-state index in [1.54, 1.807) is 12.1 Å². The van der Waals surface area contributed by atoms with Gasteiger partial charge in [0.25, 0.3) is 6.20 Å². The fourth-order valence-electron chi connectivity index (χ4n) is 4.98. The van der Waals surface area contributed by atoms with Crippen molar-refractivity contribution >= 4 is 47.5 Å². The first-order chi connectivity index (χ1) is 21.3. The minimum atomic E-state index is -1.04. The van der Waals surface area contributed by atoms with Crippen molar-refractivity contribution in [1.82, 2.24) is 31.9 Å². The molecule has 2 aliphatic heterocycles. The van der Waals surface area contributed by atoms with E-state index in [9.17, 15) is 24.0 Å². The Kier molecular flexibility index (Phi) is 12.2. The van der Waals surface area contributed by atoms with Crippen LogP contribution in [0.1, 0.15) is 61.7 Å². The molecule has 4 rings (SSSR count). The average Bonchev–Trinajstić information content (AvgIpc) is 3.72. The third kappa shape index (κ3) is 10.1. The highest BCUT2D eigenvalue weighted by atomic mass is 32.2. The Bertz CT molecular complexity index is 1310. The summed E-state index contributed by atoms with van der Waals surface area (Å²) in [5, 5.41) is 29.9. The Balaban J connectivity index is 0.954. The molecule has 2 fully saturated rings. The van der Waals surface area contributed by atoms with Crippen LogP contribution < -0.4 is 36.6 Å². The van der Waals surface area contributed by atoms with Crippen molar-refractivity contribution in [3.63, 3.8) is 0 Å². The number of rotatable bonds is 17. The maximum absolute atomic E-state index is 12.1. The van der Waals surface area contributed by atoms with Gasteiger partial charge in [-0.3, -0.25) is 19.4 Å². The average molecular weight is 632 g/mol. The number of carbonyl (C=O) groups is 5. The normalized spacial score (nSPS) is 18.5. The summed E-state index contributed by atoms with van der Waals surface area (Å²) in [4.78, 5) is 58.6.